The molecular formula is C28H30N2O6. The molecule has 36 heavy (non-hydrogen) atoms. The van der Waals surface area contributed by atoms with Gasteiger partial charge in [-0.2, -0.15) is 0 Å². The Labute approximate surface area is 210 Å². The highest BCUT2D eigenvalue weighted by Gasteiger charge is 2.25. The monoisotopic (exact) mass is 490 g/mol. The number of carbonyl (C=O) groups is 2. The van der Waals surface area contributed by atoms with Gasteiger partial charge in [-0.1, -0.05) is 12.1 Å². The summed E-state index contributed by atoms with van der Waals surface area (Å²) in [6.45, 7) is 4.71. The molecule has 8 heteroatoms. The fourth-order valence-corrected chi connectivity index (χ4v) is 3.83. The minimum Gasteiger partial charge on any atom is -0.497 e. The Morgan fingerprint density at radius 3 is 2.58 bits per heavy atom. The van der Waals surface area contributed by atoms with Crippen LogP contribution in [0, 0.1) is 13.8 Å². The molecule has 0 unspecified atom stereocenters. The molecule has 0 bridgehead atoms. The molecule has 0 fully saturated rings. The number of amides is 2. The predicted molar refractivity (Wildman–Crippen MR) is 137 cm³/mol. The van der Waals surface area contributed by atoms with Crippen LogP contribution in [0.15, 0.2) is 60.7 Å². The zero-order valence-corrected chi connectivity index (χ0v) is 20.7. The van der Waals surface area contributed by atoms with Gasteiger partial charge in [0.05, 0.1) is 19.4 Å². The third kappa shape index (κ3) is 6.07. The summed E-state index contributed by atoms with van der Waals surface area (Å²) in [5, 5.41) is 2.84. The number of anilines is 2. The van der Waals surface area contributed by atoms with Gasteiger partial charge in [0.1, 0.15) is 23.0 Å². The van der Waals surface area contributed by atoms with Crippen LogP contribution in [0.4, 0.5) is 11.4 Å². The predicted octanol–water partition coefficient (Wildman–Crippen LogP) is 4.52. The van der Waals surface area contributed by atoms with E-state index in [-0.39, 0.29) is 25.0 Å². The summed E-state index contributed by atoms with van der Waals surface area (Å²) in [4.78, 5) is 26.8. The molecule has 3 aromatic rings. The van der Waals surface area contributed by atoms with Gasteiger partial charge in [0.25, 0.3) is 11.8 Å². The number of ether oxygens (including phenoxy) is 4. The molecule has 0 atom stereocenters. The minimum atomic E-state index is -0.293. The standard InChI is InChI=1S/C28H30N2O6/c1-19-6-4-7-25(20(19)2)35-17-27(31)29-21-8-13-26-24(16-21)30(28(32)18-36-26)14-5-15-34-23-11-9-22(33-3)10-12-23/h4,6-13,16H,5,14-15,17-18H2,1-3H3,(H,29,31). The summed E-state index contributed by atoms with van der Waals surface area (Å²) in [6.07, 6.45) is 0.622. The van der Waals surface area contributed by atoms with Crippen molar-refractivity contribution < 1.29 is 28.5 Å². The third-order valence-electron chi connectivity index (χ3n) is 5.95. The van der Waals surface area contributed by atoms with E-state index in [0.29, 0.717) is 42.4 Å². The van der Waals surface area contributed by atoms with Gasteiger partial charge < -0.3 is 29.2 Å². The van der Waals surface area contributed by atoms with Crippen LogP contribution in [-0.2, 0) is 9.59 Å². The molecule has 0 saturated heterocycles. The van der Waals surface area contributed by atoms with Crippen LogP contribution in [-0.4, -0.2) is 45.3 Å². The summed E-state index contributed by atoms with van der Waals surface area (Å²) < 4.78 is 22.2. The number of nitrogens with one attached hydrogen (secondary N) is 1. The smallest absolute Gasteiger partial charge is 0.265 e. The number of fused-ring (bicyclic) bond motifs is 1. The molecule has 0 aliphatic carbocycles. The first-order valence-electron chi connectivity index (χ1n) is 11.8. The lowest BCUT2D eigenvalue weighted by Crippen LogP contribution is -2.39. The fourth-order valence-electron chi connectivity index (χ4n) is 3.83. The minimum absolute atomic E-state index is 0.0261. The van der Waals surface area contributed by atoms with Crippen molar-refractivity contribution in [1.29, 1.82) is 0 Å². The fraction of sp³-hybridized carbons (Fsp3) is 0.286. The first-order chi connectivity index (χ1) is 17.4. The van der Waals surface area contributed by atoms with Crippen molar-refractivity contribution in [2.24, 2.45) is 0 Å². The Hall–Kier alpha value is -4.20. The van der Waals surface area contributed by atoms with Crippen molar-refractivity contribution in [2.45, 2.75) is 20.3 Å². The number of benzene rings is 3. The van der Waals surface area contributed by atoms with Gasteiger partial charge in [-0.15, -0.1) is 0 Å². The maximum atomic E-state index is 12.6. The maximum Gasteiger partial charge on any atom is 0.265 e. The Kier molecular flexibility index (Phi) is 7.95. The number of carbonyl (C=O) groups excluding carboxylic acids is 2. The van der Waals surface area contributed by atoms with Crippen molar-refractivity contribution in [1.82, 2.24) is 0 Å². The zero-order valence-electron chi connectivity index (χ0n) is 20.7. The molecule has 188 valence electrons. The van der Waals surface area contributed by atoms with Crippen LogP contribution in [0.25, 0.3) is 0 Å². The second-order valence-electron chi connectivity index (χ2n) is 8.43. The first kappa shape index (κ1) is 24.9. The Morgan fingerprint density at radius 2 is 1.81 bits per heavy atom. The van der Waals surface area contributed by atoms with Crippen molar-refractivity contribution >= 4 is 23.2 Å². The summed E-state index contributed by atoms with van der Waals surface area (Å²) >= 11 is 0. The lowest BCUT2D eigenvalue weighted by Gasteiger charge is -2.30. The summed E-state index contributed by atoms with van der Waals surface area (Å²) in [7, 11) is 1.62. The van der Waals surface area contributed by atoms with E-state index in [0.717, 1.165) is 22.6 Å². The van der Waals surface area contributed by atoms with E-state index in [9.17, 15) is 9.59 Å². The first-order valence-corrected chi connectivity index (χ1v) is 11.8. The van der Waals surface area contributed by atoms with Crippen LogP contribution in [0.3, 0.4) is 0 Å². The molecule has 0 aromatic heterocycles. The second kappa shape index (κ2) is 11.5. The van der Waals surface area contributed by atoms with Gasteiger partial charge in [-0.3, -0.25) is 9.59 Å². The molecular weight excluding hydrogens is 460 g/mol. The summed E-state index contributed by atoms with van der Waals surface area (Å²) in [6, 6.07) is 18.3. The van der Waals surface area contributed by atoms with Crippen LogP contribution in [0.5, 0.6) is 23.0 Å². The highest BCUT2D eigenvalue weighted by Crippen LogP contribution is 2.34. The second-order valence-corrected chi connectivity index (χ2v) is 8.43. The Bertz CT molecular complexity index is 1230. The van der Waals surface area contributed by atoms with E-state index >= 15 is 0 Å². The van der Waals surface area contributed by atoms with E-state index in [1.54, 1.807) is 30.2 Å². The van der Waals surface area contributed by atoms with Gasteiger partial charge >= 0.3 is 0 Å². The maximum absolute atomic E-state index is 12.6. The Morgan fingerprint density at radius 1 is 1.03 bits per heavy atom. The molecule has 1 aliphatic rings. The quantitative estimate of drug-likeness (QED) is 0.421. The van der Waals surface area contributed by atoms with Gasteiger partial charge in [-0.25, -0.2) is 0 Å². The lowest BCUT2D eigenvalue weighted by molar-refractivity contribution is -0.121. The molecule has 4 rings (SSSR count). The highest BCUT2D eigenvalue weighted by atomic mass is 16.5. The van der Waals surface area contributed by atoms with Crippen molar-refractivity contribution in [3.8, 4) is 23.0 Å². The number of methoxy groups -OCH3 is 1. The molecule has 2 amide bonds. The molecule has 8 nitrogen and oxygen atoms in total. The number of nitrogens with zero attached hydrogens (tertiary/aromatic N) is 1. The van der Waals surface area contributed by atoms with Crippen LogP contribution in [0.1, 0.15) is 17.5 Å². The highest BCUT2D eigenvalue weighted by molar-refractivity contribution is 5.99. The molecule has 1 N–H and O–H groups in total. The van der Waals surface area contributed by atoms with Gasteiger partial charge in [-0.05, 0) is 79.9 Å². The Balaban J connectivity index is 1.34. The van der Waals surface area contributed by atoms with E-state index in [1.165, 1.54) is 0 Å². The van der Waals surface area contributed by atoms with Gasteiger partial charge in [0.15, 0.2) is 13.2 Å². The van der Waals surface area contributed by atoms with E-state index in [4.69, 9.17) is 18.9 Å². The average Bonchev–Trinajstić information content (AvgIpc) is 2.89. The van der Waals surface area contributed by atoms with Crippen molar-refractivity contribution in [3.05, 3.63) is 71.8 Å². The number of hydrogen-bond acceptors (Lipinski definition) is 6. The number of aryl methyl sites for hydroxylation is 1. The zero-order chi connectivity index (χ0) is 25.5. The normalized spacial score (nSPS) is 12.4. The van der Waals surface area contributed by atoms with E-state index in [1.807, 2.05) is 56.3 Å². The van der Waals surface area contributed by atoms with Crippen LogP contribution >= 0.6 is 0 Å². The van der Waals surface area contributed by atoms with Crippen molar-refractivity contribution in [2.75, 3.05) is 43.7 Å². The third-order valence-corrected chi connectivity index (χ3v) is 5.95. The number of rotatable bonds is 10. The van der Waals surface area contributed by atoms with Crippen molar-refractivity contribution in [3.63, 3.8) is 0 Å². The topological polar surface area (TPSA) is 86.3 Å². The molecule has 0 spiro atoms. The van der Waals surface area contributed by atoms with Gasteiger partial charge in [0.2, 0.25) is 0 Å². The average molecular weight is 491 g/mol. The summed E-state index contributed by atoms with van der Waals surface area (Å²) in [5.74, 6) is 2.33. The SMILES string of the molecule is COc1ccc(OCCCN2C(=O)COc3ccc(NC(=O)COc4cccc(C)c4C)cc32)cc1. The van der Waals surface area contributed by atoms with E-state index in [2.05, 4.69) is 5.32 Å². The molecule has 1 aliphatic heterocycles. The van der Waals surface area contributed by atoms with Crippen LogP contribution < -0.4 is 29.2 Å². The molecule has 0 radical (unpaired) electrons. The molecule has 1 heterocycles. The molecule has 0 saturated carbocycles. The largest absolute Gasteiger partial charge is 0.497 e. The van der Waals surface area contributed by atoms with Crippen LogP contribution in [0.2, 0.25) is 0 Å². The number of hydrogen-bond donors (Lipinski definition) is 1. The summed E-state index contributed by atoms with van der Waals surface area (Å²) in [5.41, 5.74) is 3.27. The van der Waals surface area contributed by atoms with E-state index < -0.39 is 0 Å². The lowest BCUT2D eigenvalue weighted by atomic mass is 10.1. The van der Waals surface area contributed by atoms with Gasteiger partial charge in [0, 0.05) is 12.2 Å². The molecule has 3 aromatic carbocycles.